The molecule has 174 valence electrons. The fourth-order valence-electron chi connectivity index (χ4n) is 6.74. The van der Waals surface area contributed by atoms with E-state index in [1.165, 1.54) is 75.6 Å². The van der Waals surface area contributed by atoms with Crippen LogP contribution >= 0.6 is 0 Å². The average Bonchev–Trinajstić information content (AvgIpc) is 2.70. The van der Waals surface area contributed by atoms with Crippen LogP contribution < -0.4 is 5.32 Å². The summed E-state index contributed by atoms with van der Waals surface area (Å²) < 4.78 is 0. The third-order valence-electron chi connectivity index (χ3n) is 8.72. The van der Waals surface area contributed by atoms with E-state index in [1.54, 1.807) is 11.1 Å². The number of aryl methyl sites for hydroxylation is 1. The Balaban J connectivity index is 1.61. The van der Waals surface area contributed by atoms with Crippen LogP contribution in [0.2, 0.25) is 0 Å². The molecule has 3 rings (SSSR count). The van der Waals surface area contributed by atoms with Gasteiger partial charge in [0, 0.05) is 6.54 Å². The van der Waals surface area contributed by atoms with Gasteiger partial charge in [0.15, 0.2) is 0 Å². The first kappa shape index (κ1) is 24.6. The van der Waals surface area contributed by atoms with Gasteiger partial charge in [-0.2, -0.15) is 0 Å². The summed E-state index contributed by atoms with van der Waals surface area (Å²) in [4.78, 5) is 0. The minimum Gasteiger partial charge on any atom is -0.316 e. The van der Waals surface area contributed by atoms with Gasteiger partial charge in [-0.05, 0) is 111 Å². The van der Waals surface area contributed by atoms with Crippen LogP contribution in [0.5, 0.6) is 0 Å². The van der Waals surface area contributed by atoms with Crippen molar-refractivity contribution in [1.82, 2.24) is 5.32 Å². The molecule has 0 spiro atoms. The summed E-state index contributed by atoms with van der Waals surface area (Å²) in [5.74, 6) is 2.24. The lowest BCUT2D eigenvalue weighted by Crippen LogP contribution is -2.52. The Morgan fingerprint density at radius 3 is 2.61 bits per heavy atom. The summed E-state index contributed by atoms with van der Waals surface area (Å²) in [6.45, 7) is 19.0. The van der Waals surface area contributed by atoms with Crippen molar-refractivity contribution in [2.24, 2.45) is 17.3 Å². The number of rotatable bonds is 9. The van der Waals surface area contributed by atoms with E-state index in [2.05, 4.69) is 78.1 Å². The first-order chi connectivity index (χ1) is 14.7. The fraction of sp³-hybridized carbons (Fsp3) is 0.733. The molecular weight excluding hydrogens is 374 g/mol. The Bertz CT molecular complexity index is 756. The second kappa shape index (κ2) is 10.2. The van der Waals surface area contributed by atoms with Gasteiger partial charge in [0.2, 0.25) is 0 Å². The highest BCUT2D eigenvalue weighted by Gasteiger charge is 2.51. The molecule has 2 aliphatic rings. The fourth-order valence-corrected chi connectivity index (χ4v) is 6.74. The molecule has 4 atom stereocenters. The summed E-state index contributed by atoms with van der Waals surface area (Å²) in [6, 6.07) is 7.45. The molecule has 1 fully saturated rings. The maximum absolute atomic E-state index is 3.91. The third-order valence-corrected chi connectivity index (χ3v) is 8.72. The molecule has 1 N–H and O–H groups in total. The molecule has 0 radical (unpaired) electrons. The largest absolute Gasteiger partial charge is 0.316 e. The molecule has 0 bridgehead atoms. The number of nitrogens with one attached hydrogen (secondary N) is 1. The highest BCUT2D eigenvalue weighted by molar-refractivity contribution is 5.42. The van der Waals surface area contributed by atoms with E-state index in [0.29, 0.717) is 16.7 Å². The smallest absolute Gasteiger partial charge is 0.000814 e. The van der Waals surface area contributed by atoms with E-state index in [0.717, 1.165) is 11.8 Å². The molecule has 1 nitrogen and oxygen atoms in total. The normalized spacial score (nSPS) is 28.7. The molecule has 0 amide bonds. The Morgan fingerprint density at radius 2 is 1.90 bits per heavy atom. The van der Waals surface area contributed by atoms with E-state index < -0.39 is 0 Å². The van der Waals surface area contributed by atoms with Gasteiger partial charge in [-0.15, -0.1) is 0 Å². The molecule has 0 saturated heterocycles. The van der Waals surface area contributed by atoms with Crippen LogP contribution in [0.3, 0.4) is 0 Å². The summed E-state index contributed by atoms with van der Waals surface area (Å²) in [6.07, 6.45) is 13.0. The molecule has 0 heterocycles. The van der Waals surface area contributed by atoms with Gasteiger partial charge in [0.25, 0.3) is 0 Å². The molecule has 0 aliphatic heterocycles. The summed E-state index contributed by atoms with van der Waals surface area (Å²) >= 11 is 0. The van der Waals surface area contributed by atoms with Crippen molar-refractivity contribution in [3.8, 4) is 0 Å². The minimum atomic E-state index is 0.357. The molecular formula is C30H49N. The van der Waals surface area contributed by atoms with Gasteiger partial charge < -0.3 is 5.32 Å². The molecule has 1 saturated carbocycles. The van der Waals surface area contributed by atoms with Crippen LogP contribution in [0.15, 0.2) is 29.8 Å². The zero-order chi connectivity index (χ0) is 22.6. The number of hydrogen-bond donors (Lipinski definition) is 1. The van der Waals surface area contributed by atoms with Crippen LogP contribution in [0.4, 0.5) is 0 Å². The number of allylic oxidation sites excluding steroid dienone is 2. The predicted molar refractivity (Wildman–Crippen MR) is 137 cm³/mol. The van der Waals surface area contributed by atoms with E-state index in [1.807, 2.05) is 0 Å². The van der Waals surface area contributed by atoms with Gasteiger partial charge >= 0.3 is 0 Å². The lowest BCUT2D eigenvalue weighted by atomic mass is 9.49. The summed E-state index contributed by atoms with van der Waals surface area (Å²) in [5, 5.41) is 3.91. The first-order valence-corrected chi connectivity index (χ1v) is 13.1. The van der Waals surface area contributed by atoms with Crippen LogP contribution in [-0.2, 0) is 11.8 Å². The van der Waals surface area contributed by atoms with Crippen LogP contribution in [0.1, 0.15) is 116 Å². The van der Waals surface area contributed by atoms with E-state index in [9.17, 15) is 0 Å². The highest BCUT2D eigenvalue weighted by atomic mass is 14.9. The Morgan fingerprint density at radius 1 is 1.13 bits per heavy atom. The van der Waals surface area contributed by atoms with Crippen molar-refractivity contribution < 1.29 is 0 Å². The van der Waals surface area contributed by atoms with E-state index in [4.69, 9.17) is 0 Å². The standard InChI is InChI=1S/C30H49N/c1-22(2)10-8-11-24(5)16-19-31-21-29(6)17-9-18-30(7)27-14-12-25(23(3)4)20-26(27)13-15-28(29)30/h10,12,14,20,23-24,28,31H,8-9,11,13,15-19,21H2,1-7H3/t24?,28-,29-,30+/m0/s1. The van der Waals surface area contributed by atoms with Crippen molar-refractivity contribution in [2.75, 3.05) is 13.1 Å². The van der Waals surface area contributed by atoms with Crippen molar-refractivity contribution >= 4 is 0 Å². The van der Waals surface area contributed by atoms with Crippen molar-refractivity contribution in [2.45, 2.75) is 111 Å². The Labute approximate surface area is 193 Å². The molecule has 1 aromatic carbocycles. The van der Waals surface area contributed by atoms with Crippen LogP contribution in [-0.4, -0.2) is 13.1 Å². The van der Waals surface area contributed by atoms with Gasteiger partial charge in [-0.1, -0.05) is 70.9 Å². The summed E-state index contributed by atoms with van der Waals surface area (Å²) in [5.41, 5.74) is 7.06. The molecule has 1 unspecified atom stereocenters. The molecule has 0 aromatic heterocycles. The lowest BCUT2D eigenvalue weighted by molar-refractivity contribution is 0.0258. The zero-order valence-corrected chi connectivity index (χ0v) is 21.6. The molecule has 31 heavy (non-hydrogen) atoms. The Kier molecular flexibility index (Phi) is 8.11. The third kappa shape index (κ3) is 5.65. The second-order valence-electron chi connectivity index (χ2n) is 12.0. The topological polar surface area (TPSA) is 12.0 Å². The minimum absolute atomic E-state index is 0.357. The second-order valence-corrected chi connectivity index (χ2v) is 12.0. The SMILES string of the molecule is CC(C)=CCCC(C)CCNC[C@]1(C)CCC[C@]2(C)c3ccc(C(C)C)cc3CC[C@@H]12. The summed E-state index contributed by atoms with van der Waals surface area (Å²) in [7, 11) is 0. The van der Waals surface area contributed by atoms with Crippen molar-refractivity contribution in [3.63, 3.8) is 0 Å². The maximum atomic E-state index is 3.91. The van der Waals surface area contributed by atoms with Crippen molar-refractivity contribution in [3.05, 3.63) is 46.5 Å². The monoisotopic (exact) mass is 423 g/mol. The number of hydrogen-bond acceptors (Lipinski definition) is 1. The molecule has 2 aliphatic carbocycles. The van der Waals surface area contributed by atoms with E-state index in [-0.39, 0.29) is 0 Å². The van der Waals surface area contributed by atoms with Gasteiger partial charge in [0.1, 0.15) is 0 Å². The van der Waals surface area contributed by atoms with Crippen LogP contribution in [0, 0.1) is 17.3 Å². The Hall–Kier alpha value is -1.08. The average molecular weight is 424 g/mol. The number of benzene rings is 1. The van der Waals surface area contributed by atoms with Gasteiger partial charge in [0.05, 0.1) is 0 Å². The maximum Gasteiger partial charge on any atom is 0.000814 e. The van der Waals surface area contributed by atoms with Gasteiger partial charge in [-0.25, -0.2) is 0 Å². The highest BCUT2D eigenvalue weighted by Crippen LogP contribution is 2.57. The van der Waals surface area contributed by atoms with Crippen molar-refractivity contribution in [1.29, 1.82) is 0 Å². The first-order valence-electron chi connectivity index (χ1n) is 13.1. The molecule has 1 heteroatoms. The number of fused-ring (bicyclic) bond motifs is 3. The predicted octanol–water partition coefficient (Wildman–Crippen LogP) is 8.18. The van der Waals surface area contributed by atoms with Crippen LogP contribution in [0.25, 0.3) is 0 Å². The van der Waals surface area contributed by atoms with E-state index >= 15 is 0 Å². The molecule has 1 aromatic rings. The quantitative estimate of drug-likeness (QED) is 0.312. The lowest BCUT2D eigenvalue weighted by Gasteiger charge is -2.56. The van der Waals surface area contributed by atoms with Gasteiger partial charge in [-0.3, -0.25) is 0 Å². The zero-order valence-electron chi connectivity index (χ0n) is 21.6.